The predicted molar refractivity (Wildman–Crippen MR) is 96.5 cm³/mol. The van der Waals surface area contributed by atoms with Gasteiger partial charge in [-0.2, -0.15) is 0 Å². The number of imidazole rings is 1. The number of aromatic nitrogens is 2. The fourth-order valence-corrected chi connectivity index (χ4v) is 3.38. The van der Waals surface area contributed by atoms with Crippen molar-refractivity contribution < 1.29 is 9.59 Å². The Morgan fingerprint density at radius 2 is 2.00 bits per heavy atom. The fourth-order valence-electron chi connectivity index (χ4n) is 3.38. The van der Waals surface area contributed by atoms with Crippen molar-refractivity contribution in [1.82, 2.24) is 14.9 Å². The van der Waals surface area contributed by atoms with E-state index in [0.717, 1.165) is 18.4 Å². The van der Waals surface area contributed by atoms with Gasteiger partial charge in [0.05, 0.1) is 6.33 Å². The van der Waals surface area contributed by atoms with Crippen LogP contribution in [0.4, 0.5) is 0 Å². The maximum atomic E-state index is 12.4. The minimum atomic E-state index is -0.0843. The Morgan fingerprint density at radius 1 is 1.20 bits per heavy atom. The normalized spacial score (nSPS) is 14.6. The summed E-state index contributed by atoms with van der Waals surface area (Å²) in [6.45, 7) is 2.62. The lowest BCUT2D eigenvalue weighted by molar-refractivity contribution is -0.121. The number of nitrogens with one attached hydrogen (secondary N) is 1. The van der Waals surface area contributed by atoms with Crippen molar-refractivity contribution in [3.63, 3.8) is 0 Å². The van der Waals surface area contributed by atoms with Crippen LogP contribution in [0, 0.1) is 0 Å². The Labute approximate surface area is 148 Å². The second kappa shape index (κ2) is 8.10. The van der Waals surface area contributed by atoms with Gasteiger partial charge in [0.1, 0.15) is 0 Å². The lowest BCUT2D eigenvalue weighted by atomic mass is 9.89. The molecule has 0 spiro atoms. The Bertz CT molecular complexity index is 737. The second-order valence-electron chi connectivity index (χ2n) is 6.84. The molecule has 0 bridgehead atoms. The van der Waals surface area contributed by atoms with Crippen LogP contribution in [0.2, 0.25) is 0 Å². The lowest BCUT2D eigenvalue weighted by Crippen LogP contribution is -2.35. The minimum absolute atomic E-state index is 0.000506. The molecule has 1 aliphatic carbocycles. The summed E-state index contributed by atoms with van der Waals surface area (Å²) in [6, 6.07) is 6.01. The molecule has 5 nitrogen and oxygen atoms in total. The highest BCUT2D eigenvalue weighted by molar-refractivity contribution is 5.98. The first-order valence-corrected chi connectivity index (χ1v) is 9.02. The number of rotatable bonds is 7. The van der Waals surface area contributed by atoms with Crippen LogP contribution in [0.25, 0.3) is 0 Å². The van der Waals surface area contributed by atoms with Crippen LogP contribution >= 0.6 is 0 Å². The molecule has 1 aromatic carbocycles. The van der Waals surface area contributed by atoms with E-state index in [4.69, 9.17) is 0 Å². The van der Waals surface area contributed by atoms with Crippen LogP contribution < -0.4 is 5.32 Å². The zero-order valence-corrected chi connectivity index (χ0v) is 14.7. The Hall–Kier alpha value is -2.43. The minimum Gasteiger partial charge on any atom is -0.352 e. The highest BCUT2D eigenvalue weighted by Gasteiger charge is 2.15. The van der Waals surface area contributed by atoms with E-state index in [2.05, 4.69) is 16.4 Å². The number of nitrogens with zero attached hydrogens (tertiary/aromatic N) is 2. The van der Waals surface area contributed by atoms with E-state index in [1.54, 1.807) is 12.5 Å². The first-order valence-electron chi connectivity index (χ1n) is 9.02. The van der Waals surface area contributed by atoms with Gasteiger partial charge in [-0.15, -0.1) is 0 Å². The van der Waals surface area contributed by atoms with Crippen LogP contribution in [-0.4, -0.2) is 27.3 Å². The van der Waals surface area contributed by atoms with Gasteiger partial charge in [0.15, 0.2) is 5.78 Å². The predicted octanol–water partition coefficient (Wildman–Crippen LogP) is 2.93. The summed E-state index contributed by atoms with van der Waals surface area (Å²) in [5, 5.41) is 2.94. The number of fused-ring (bicyclic) bond motifs is 1. The lowest BCUT2D eigenvalue weighted by Gasteiger charge is -2.16. The quantitative estimate of drug-likeness (QED) is 0.789. The number of hydrogen-bond donors (Lipinski definition) is 1. The third kappa shape index (κ3) is 4.78. The molecule has 1 heterocycles. The largest absolute Gasteiger partial charge is 0.352 e. The zero-order valence-electron chi connectivity index (χ0n) is 14.7. The van der Waals surface area contributed by atoms with Crippen LogP contribution in [0.5, 0.6) is 0 Å². The number of carbonyl (C=O) groups excluding carboxylic acids is 2. The van der Waals surface area contributed by atoms with Gasteiger partial charge in [0.25, 0.3) is 0 Å². The summed E-state index contributed by atoms with van der Waals surface area (Å²) in [5.41, 5.74) is 3.41. The monoisotopic (exact) mass is 339 g/mol. The Kier molecular flexibility index (Phi) is 5.64. The summed E-state index contributed by atoms with van der Waals surface area (Å²) in [5.74, 6) is -0.0373. The summed E-state index contributed by atoms with van der Waals surface area (Å²) in [6.07, 6.45) is 10.4. The first kappa shape index (κ1) is 17.4. The molecule has 0 aliphatic heterocycles. The molecule has 0 saturated heterocycles. The molecule has 0 saturated carbocycles. The Morgan fingerprint density at radius 3 is 2.76 bits per heavy atom. The summed E-state index contributed by atoms with van der Waals surface area (Å²) < 4.78 is 1.92. The smallest absolute Gasteiger partial charge is 0.220 e. The highest BCUT2D eigenvalue weighted by atomic mass is 16.2. The van der Waals surface area contributed by atoms with E-state index >= 15 is 0 Å². The maximum Gasteiger partial charge on any atom is 0.220 e. The zero-order chi connectivity index (χ0) is 17.6. The summed E-state index contributed by atoms with van der Waals surface area (Å²) in [4.78, 5) is 28.4. The molecule has 3 rings (SSSR count). The molecule has 0 fully saturated rings. The summed E-state index contributed by atoms with van der Waals surface area (Å²) >= 11 is 0. The number of hydrogen-bond acceptors (Lipinski definition) is 3. The molecule has 1 aromatic heterocycles. The van der Waals surface area contributed by atoms with Gasteiger partial charge < -0.3 is 9.88 Å². The van der Waals surface area contributed by atoms with E-state index in [-0.39, 0.29) is 30.6 Å². The van der Waals surface area contributed by atoms with Gasteiger partial charge in [-0.1, -0.05) is 12.1 Å². The number of Topliss-reactive ketones (excluding diaryl/α,β-unsaturated/α-hetero) is 1. The number of amides is 1. The van der Waals surface area contributed by atoms with E-state index in [1.165, 1.54) is 24.0 Å². The Balaban J connectivity index is 1.47. The molecular weight excluding hydrogens is 314 g/mol. The number of aryl methyl sites for hydroxylation is 2. The number of ketones is 1. The van der Waals surface area contributed by atoms with Gasteiger partial charge in [-0.3, -0.25) is 9.59 Å². The standard InChI is InChI=1S/C20H25N3O2/c1-15(13-23-11-10-21-14-23)22-20(25)9-8-19(24)18-7-6-16-4-2-3-5-17(16)12-18/h6-7,10-12,14-15H,2-5,8-9,13H2,1H3,(H,22,25)/t15-/m0/s1. The van der Waals surface area contributed by atoms with Crippen LogP contribution in [-0.2, 0) is 24.2 Å². The van der Waals surface area contributed by atoms with Crippen molar-refractivity contribution in [2.75, 3.05) is 0 Å². The molecule has 1 aliphatic rings. The molecule has 5 heteroatoms. The van der Waals surface area contributed by atoms with E-state index in [9.17, 15) is 9.59 Å². The molecule has 2 aromatic rings. The number of benzene rings is 1. The molecule has 1 amide bonds. The average Bonchev–Trinajstić information content (AvgIpc) is 3.12. The average molecular weight is 339 g/mol. The molecule has 132 valence electrons. The van der Waals surface area contributed by atoms with Crippen molar-refractivity contribution in [2.24, 2.45) is 0 Å². The van der Waals surface area contributed by atoms with Crippen molar-refractivity contribution in [2.45, 2.75) is 58.0 Å². The fraction of sp³-hybridized carbons (Fsp3) is 0.450. The van der Waals surface area contributed by atoms with Crippen molar-refractivity contribution in [3.8, 4) is 0 Å². The molecular formula is C20H25N3O2. The maximum absolute atomic E-state index is 12.4. The highest BCUT2D eigenvalue weighted by Crippen LogP contribution is 2.22. The molecule has 0 unspecified atom stereocenters. The van der Waals surface area contributed by atoms with E-state index in [0.29, 0.717) is 6.54 Å². The van der Waals surface area contributed by atoms with Crippen LogP contribution in [0.3, 0.4) is 0 Å². The van der Waals surface area contributed by atoms with Crippen LogP contribution in [0.15, 0.2) is 36.9 Å². The number of carbonyl (C=O) groups is 2. The van der Waals surface area contributed by atoms with E-state index < -0.39 is 0 Å². The third-order valence-corrected chi connectivity index (χ3v) is 4.70. The van der Waals surface area contributed by atoms with Gasteiger partial charge >= 0.3 is 0 Å². The van der Waals surface area contributed by atoms with Crippen molar-refractivity contribution in [3.05, 3.63) is 53.6 Å². The van der Waals surface area contributed by atoms with Crippen molar-refractivity contribution in [1.29, 1.82) is 0 Å². The first-order chi connectivity index (χ1) is 12.1. The molecule has 1 N–H and O–H groups in total. The van der Waals surface area contributed by atoms with Gasteiger partial charge in [-0.05, 0) is 49.8 Å². The second-order valence-corrected chi connectivity index (χ2v) is 6.84. The van der Waals surface area contributed by atoms with E-state index in [1.807, 2.05) is 29.8 Å². The third-order valence-electron chi connectivity index (χ3n) is 4.70. The molecule has 1 atom stereocenters. The van der Waals surface area contributed by atoms with Gasteiger partial charge in [0, 0.05) is 43.4 Å². The van der Waals surface area contributed by atoms with Gasteiger partial charge in [0.2, 0.25) is 5.91 Å². The summed E-state index contributed by atoms with van der Waals surface area (Å²) in [7, 11) is 0. The molecule has 25 heavy (non-hydrogen) atoms. The molecule has 0 radical (unpaired) electrons. The SMILES string of the molecule is C[C@@H](Cn1ccnc1)NC(=O)CCC(=O)c1ccc2c(c1)CCCC2. The topological polar surface area (TPSA) is 64.0 Å². The van der Waals surface area contributed by atoms with Gasteiger partial charge in [-0.25, -0.2) is 4.98 Å². The van der Waals surface area contributed by atoms with Crippen LogP contribution in [0.1, 0.15) is 54.1 Å². The van der Waals surface area contributed by atoms with Crippen molar-refractivity contribution >= 4 is 11.7 Å².